The Morgan fingerprint density at radius 1 is 0.971 bits per heavy atom. The fourth-order valence-corrected chi connectivity index (χ4v) is 4.01. The van der Waals surface area contributed by atoms with Crippen molar-refractivity contribution in [3.8, 4) is 5.75 Å². The molecule has 3 aromatic rings. The lowest BCUT2D eigenvalue weighted by molar-refractivity contribution is 0.0378. The van der Waals surface area contributed by atoms with Crippen molar-refractivity contribution in [3.63, 3.8) is 0 Å². The number of aromatic nitrogens is 1. The van der Waals surface area contributed by atoms with Gasteiger partial charge in [0.1, 0.15) is 23.7 Å². The molecule has 1 aromatic heterocycles. The number of carbonyl (C=O) groups excluding carboxylic acids is 1. The van der Waals surface area contributed by atoms with Gasteiger partial charge in [0.2, 0.25) is 0 Å². The first-order chi connectivity index (χ1) is 16.9. The molecule has 0 amide bonds. The third-order valence-electron chi connectivity index (χ3n) is 5.72. The van der Waals surface area contributed by atoms with E-state index in [9.17, 15) is 13.6 Å². The summed E-state index contributed by atoms with van der Waals surface area (Å²) < 4.78 is 37.5. The van der Waals surface area contributed by atoms with Crippen LogP contribution in [0.5, 0.6) is 5.75 Å². The molecule has 0 spiro atoms. The molecule has 8 heteroatoms. The van der Waals surface area contributed by atoms with E-state index in [1.165, 1.54) is 6.07 Å². The Bertz CT molecular complexity index is 1160. The van der Waals surface area contributed by atoms with Gasteiger partial charge in [-0.25, -0.2) is 18.6 Å². The number of rotatable bonds is 8. The van der Waals surface area contributed by atoms with E-state index in [1.807, 2.05) is 26.0 Å². The van der Waals surface area contributed by atoms with E-state index < -0.39 is 11.6 Å². The second kappa shape index (κ2) is 11.3. The molecule has 1 saturated heterocycles. The average molecular weight is 482 g/mol. The van der Waals surface area contributed by atoms with Crippen molar-refractivity contribution >= 4 is 11.8 Å². The smallest absolute Gasteiger partial charge is 0.342 e. The minimum absolute atomic E-state index is 0.189. The molecule has 1 fully saturated rings. The summed E-state index contributed by atoms with van der Waals surface area (Å²) >= 11 is 0. The molecule has 2 aromatic carbocycles. The summed E-state index contributed by atoms with van der Waals surface area (Å²) in [6.45, 7) is 7.84. The SMILES string of the molecule is CC(C)OC(=O)c1cccnc1N1CCN(Cc2cccc(COc3ccc(F)c(F)c3)c2)CC1. The van der Waals surface area contributed by atoms with Crippen molar-refractivity contribution in [2.45, 2.75) is 33.1 Å². The standard InChI is InChI=1S/C27H29F2N3O3/c1-19(2)35-27(33)23-7-4-10-30-26(23)32-13-11-31(12-14-32)17-20-5-3-6-21(15-20)18-34-22-8-9-24(28)25(29)16-22/h3-10,15-16,19H,11-14,17-18H2,1-2H3. The number of nitrogens with zero attached hydrogens (tertiary/aromatic N) is 3. The Hall–Kier alpha value is -3.52. The van der Waals surface area contributed by atoms with E-state index in [-0.39, 0.29) is 24.4 Å². The Morgan fingerprint density at radius 2 is 1.74 bits per heavy atom. The van der Waals surface area contributed by atoms with Crippen LogP contribution < -0.4 is 9.64 Å². The van der Waals surface area contributed by atoms with Crippen LogP contribution in [-0.4, -0.2) is 48.1 Å². The molecule has 1 aliphatic rings. The number of ether oxygens (including phenoxy) is 2. The Labute approximate surface area is 204 Å². The molecule has 0 aliphatic carbocycles. The normalized spacial score (nSPS) is 14.3. The molecule has 0 unspecified atom stereocenters. The number of esters is 1. The van der Waals surface area contributed by atoms with Gasteiger partial charge in [0.15, 0.2) is 11.6 Å². The van der Waals surface area contributed by atoms with Crippen molar-refractivity contribution in [3.05, 3.63) is 89.1 Å². The number of halogens is 2. The van der Waals surface area contributed by atoms with Gasteiger partial charge in [-0.3, -0.25) is 4.90 Å². The summed E-state index contributed by atoms with van der Waals surface area (Å²) in [5.74, 6) is -1.22. The van der Waals surface area contributed by atoms with Crippen molar-refractivity contribution in [1.82, 2.24) is 9.88 Å². The van der Waals surface area contributed by atoms with Crippen LogP contribution in [0, 0.1) is 11.6 Å². The molecule has 184 valence electrons. The highest BCUT2D eigenvalue weighted by atomic mass is 19.2. The number of carbonyl (C=O) groups is 1. The molecule has 0 radical (unpaired) electrons. The lowest BCUT2D eigenvalue weighted by Gasteiger charge is -2.36. The molecule has 35 heavy (non-hydrogen) atoms. The van der Waals surface area contributed by atoms with Crippen LogP contribution in [-0.2, 0) is 17.9 Å². The largest absolute Gasteiger partial charge is 0.489 e. The molecule has 0 N–H and O–H groups in total. The predicted molar refractivity (Wildman–Crippen MR) is 129 cm³/mol. The van der Waals surface area contributed by atoms with E-state index in [0.717, 1.165) is 56.0 Å². The fraction of sp³-hybridized carbons (Fsp3) is 0.333. The summed E-state index contributed by atoms with van der Waals surface area (Å²) in [7, 11) is 0. The quantitative estimate of drug-likeness (QED) is 0.430. The monoisotopic (exact) mass is 481 g/mol. The third kappa shape index (κ3) is 6.54. The highest BCUT2D eigenvalue weighted by Crippen LogP contribution is 2.22. The zero-order valence-corrected chi connectivity index (χ0v) is 19.9. The number of pyridine rings is 1. The summed E-state index contributed by atoms with van der Waals surface area (Å²) in [5.41, 5.74) is 2.58. The molecule has 6 nitrogen and oxygen atoms in total. The van der Waals surface area contributed by atoms with Crippen LogP contribution in [0.1, 0.15) is 35.3 Å². The number of benzene rings is 2. The maximum absolute atomic E-state index is 13.4. The van der Waals surface area contributed by atoms with Crippen molar-refractivity contribution < 1.29 is 23.0 Å². The van der Waals surface area contributed by atoms with Gasteiger partial charge in [0.05, 0.1) is 6.10 Å². The van der Waals surface area contributed by atoms with Crippen molar-refractivity contribution in [2.75, 3.05) is 31.1 Å². The fourth-order valence-electron chi connectivity index (χ4n) is 4.01. The van der Waals surface area contributed by atoms with Gasteiger partial charge in [0.25, 0.3) is 0 Å². The topological polar surface area (TPSA) is 54.9 Å². The van der Waals surface area contributed by atoms with E-state index in [0.29, 0.717) is 11.4 Å². The van der Waals surface area contributed by atoms with Crippen LogP contribution in [0.4, 0.5) is 14.6 Å². The van der Waals surface area contributed by atoms with Gasteiger partial charge in [-0.05, 0) is 49.2 Å². The van der Waals surface area contributed by atoms with Gasteiger partial charge in [-0.2, -0.15) is 0 Å². The number of anilines is 1. The number of hydrogen-bond donors (Lipinski definition) is 0. The highest BCUT2D eigenvalue weighted by molar-refractivity contribution is 5.94. The minimum atomic E-state index is -0.926. The Kier molecular flexibility index (Phi) is 7.92. The summed E-state index contributed by atoms with van der Waals surface area (Å²) in [5, 5.41) is 0. The van der Waals surface area contributed by atoms with E-state index in [4.69, 9.17) is 9.47 Å². The molecule has 0 saturated carbocycles. The van der Waals surface area contributed by atoms with Gasteiger partial charge >= 0.3 is 5.97 Å². The van der Waals surface area contributed by atoms with Gasteiger partial charge in [-0.15, -0.1) is 0 Å². The first-order valence-electron chi connectivity index (χ1n) is 11.7. The third-order valence-corrected chi connectivity index (χ3v) is 5.72. The molecule has 0 bridgehead atoms. The maximum atomic E-state index is 13.4. The van der Waals surface area contributed by atoms with Crippen molar-refractivity contribution in [1.29, 1.82) is 0 Å². The molecular weight excluding hydrogens is 452 g/mol. The maximum Gasteiger partial charge on any atom is 0.342 e. The number of piperazine rings is 1. The van der Waals surface area contributed by atoms with E-state index >= 15 is 0 Å². The lowest BCUT2D eigenvalue weighted by Crippen LogP contribution is -2.46. The zero-order chi connectivity index (χ0) is 24.8. The first-order valence-corrected chi connectivity index (χ1v) is 11.7. The molecule has 2 heterocycles. The predicted octanol–water partition coefficient (Wildman–Crippen LogP) is 4.83. The van der Waals surface area contributed by atoms with Crippen LogP contribution in [0.25, 0.3) is 0 Å². The van der Waals surface area contributed by atoms with Crippen molar-refractivity contribution in [2.24, 2.45) is 0 Å². The number of hydrogen-bond acceptors (Lipinski definition) is 6. The van der Waals surface area contributed by atoms with Crippen LogP contribution >= 0.6 is 0 Å². The zero-order valence-electron chi connectivity index (χ0n) is 19.9. The minimum Gasteiger partial charge on any atom is -0.489 e. The molecule has 4 rings (SSSR count). The highest BCUT2D eigenvalue weighted by Gasteiger charge is 2.23. The second-order valence-corrected chi connectivity index (χ2v) is 8.78. The first kappa shape index (κ1) is 24.6. The van der Waals surface area contributed by atoms with Crippen LogP contribution in [0.15, 0.2) is 60.8 Å². The second-order valence-electron chi connectivity index (χ2n) is 8.78. The summed E-state index contributed by atoms with van der Waals surface area (Å²) in [4.78, 5) is 21.4. The Morgan fingerprint density at radius 3 is 2.49 bits per heavy atom. The van der Waals surface area contributed by atoms with E-state index in [2.05, 4.69) is 26.9 Å². The van der Waals surface area contributed by atoms with Crippen LogP contribution in [0.2, 0.25) is 0 Å². The molecule has 0 atom stereocenters. The molecule has 1 aliphatic heterocycles. The summed E-state index contributed by atoms with van der Waals surface area (Å²) in [6.07, 6.45) is 1.51. The summed E-state index contributed by atoms with van der Waals surface area (Å²) in [6, 6.07) is 15.1. The van der Waals surface area contributed by atoms with Crippen LogP contribution in [0.3, 0.4) is 0 Å². The average Bonchev–Trinajstić information content (AvgIpc) is 2.85. The van der Waals surface area contributed by atoms with Gasteiger partial charge in [0, 0.05) is 45.0 Å². The van der Waals surface area contributed by atoms with Gasteiger partial charge < -0.3 is 14.4 Å². The molecular formula is C27H29F2N3O3. The Balaban J connectivity index is 1.32. The van der Waals surface area contributed by atoms with Gasteiger partial charge in [-0.1, -0.05) is 24.3 Å². The lowest BCUT2D eigenvalue weighted by atomic mass is 10.1. The van der Waals surface area contributed by atoms with E-state index in [1.54, 1.807) is 18.3 Å².